The van der Waals surface area contributed by atoms with Crippen LogP contribution in [0, 0.1) is 0 Å². The van der Waals surface area contributed by atoms with Gasteiger partial charge < -0.3 is 4.90 Å². The fourth-order valence-corrected chi connectivity index (χ4v) is 1.81. The molecule has 16 heavy (non-hydrogen) atoms. The molecule has 1 unspecified atom stereocenters. The first kappa shape index (κ1) is 11.0. The summed E-state index contributed by atoms with van der Waals surface area (Å²) in [6.07, 6.45) is 2.96. The second-order valence-corrected chi connectivity index (χ2v) is 4.03. The number of alkyl halides is 2. The quantitative estimate of drug-likeness (QED) is 0.767. The van der Waals surface area contributed by atoms with Gasteiger partial charge in [-0.1, -0.05) is 0 Å². The summed E-state index contributed by atoms with van der Waals surface area (Å²) in [5.74, 6) is -3.04. The van der Waals surface area contributed by atoms with E-state index < -0.39 is 18.5 Å². The van der Waals surface area contributed by atoms with Gasteiger partial charge in [0, 0.05) is 25.4 Å². The fraction of sp³-hybridized carbons (Fsp3) is 0.600. The molecule has 1 saturated heterocycles. The van der Waals surface area contributed by atoms with Crippen LogP contribution in [0.3, 0.4) is 0 Å². The van der Waals surface area contributed by atoms with E-state index in [1.807, 2.05) is 0 Å². The maximum atomic E-state index is 12.9. The van der Waals surface area contributed by atoms with Gasteiger partial charge >= 0.3 is 0 Å². The summed E-state index contributed by atoms with van der Waals surface area (Å²) in [7, 11) is 0. The molecule has 0 N–H and O–H groups in total. The number of amides is 1. The number of hydrogen-bond acceptors (Lipinski definition) is 2. The van der Waals surface area contributed by atoms with Gasteiger partial charge in [0.05, 0.1) is 6.54 Å². The third kappa shape index (κ3) is 2.05. The smallest absolute Gasteiger partial charge is 0.267 e. The Morgan fingerprint density at radius 2 is 2.31 bits per heavy atom. The number of aromatic nitrogens is 2. The minimum Gasteiger partial charge on any atom is -0.335 e. The molecule has 6 heteroatoms. The summed E-state index contributed by atoms with van der Waals surface area (Å²) < 4.78 is 27.4. The van der Waals surface area contributed by atoms with Crippen molar-refractivity contribution >= 4 is 5.91 Å². The lowest BCUT2D eigenvalue weighted by molar-refractivity contribution is -0.135. The van der Waals surface area contributed by atoms with E-state index in [0.29, 0.717) is 0 Å². The maximum absolute atomic E-state index is 12.9. The fourth-order valence-electron chi connectivity index (χ4n) is 1.81. The molecule has 1 aromatic rings. The van der Waals surface area contributed by atoms with Gasteiger partial charge in [0.25, 0.3) is 5.92 Å². The van der Waals surface area contributed by atoms with Crippen molar-refractivity contribution in [1.29, 1.82) is 0 Å². The van der Waals surface area contributed by atoms with Gasteiger partial charge in [-0.3, -0.25) is 9.48 Å². The van der Waals surface area contributed by atoms with Crippen molar-refractivity contribution < 1.29 is 13.6 Å². The van der Waals surface area contributed by atoms with Gasteiger partial charge in [-0.2, -0.15) is 5.10 Å². The number of nitrogens with zero attached hydrogens (tertiary/aromatic N) is 3. The predicted molar refractivity (Wildman–Crippen MR) is 53.1 cm³/mol. The zero-order chi connectivity index (χ0) is 11.8. The molecular weight excluding hydrogens is 216 g/mol. The molecule has 0 spiro atoms. The van der Waals surface area contributed by atoms with E-state index in [2.05, 4.69) is 5.10 Å². The lowest BCUT2D eigenvalue weighted by Crippen LogP contribution is -2.36. The Bertz CT molecular complexity index is 377. The highest BCUT2D eigenvalue weighted by atomic mass is 19.3. The molecule has 2 rings (SSSR count). The Labute approximate surface area is 91.8 Å². The SMILES string of the molecule is CC(C(=O)N1CCC(F)(F)C1)n1cccn1. The summed E-state index contributed by atoms with van der Waals surface area (Å²) in [6, 6.07) is 1.17. The molecule has 1 aliphatic rings. The molecule has 1 aromatic heterocycles. The summed E-state index contributed by atoms with van der Waals surface area (Å²) >= 11 is 0. The standard InChI is InChI=1S/C10H13F2N3O/c1-8(15-5-2-4-13-15)9(16)14-6-3-10(11,12)7-14/h2,4-5,8H,3,6-7H2,1H3. The van der Waals surface area contributed by atoms with Crippen LogP contribution in [0.5, 0.6) is 0 Å². The van der Waals surface area contributed by atoms with E-state index in [0.717, 1.165) is 0 Å². The number of carbonyl (C=O) groups is 1. The minimum atomic E-state index is -2.74. The van der Waals surface area contributed by atoms with Crippen LogP contribution in [-0.2, 0) is 4.79 Å². The number of rotatable bonds is 2. The minimum absolute atomic E-state index is 0.122. The summed E-state index contributed by atoms with van der Waals surface area (Å²) in [4.78, 5) is 13.1. The second-order valence-electron chi connectivity index (χ2n) is 4.03. The number of hydrogen-bond donors (Lipinski definition) is 0. The van der Waals surface area contributed by atoms with Crippen molar-refractivity contribution in [3.8, 4) is 0 Å². The summed E-state index contributed by atoms with van der Waals surface area (Å²) in [5.41, 5.74) is 0. The lowest BCUT2D eigenvalue weighted by Gasteiger charge is -2.20. The van der Waals surface area contributed by atoms with Crippen molar-refractivity contribution in [3.05, 3.63) is 18.5 Å². The Morgan fingerprint density at radius 1 is 1.56 bits per heavy atom. The molecule has 0 radical (unpaired) electrons. The number of carbonyl (C=O) groups excluding carboxylic acids is 1. The monoisotopic (exact) mass is 229 g/mol. The summed E-state index contributed by atoms with van der Waals surface area (Å²) in [5, 5.41) is 3.93. The van der Waals surface area contributed by atoms with E-state index in [4.69, 9.17) is 0 Å². The molecule has 0 aliphatic carbocycles. The van der Waals surface area contributed by atoms with Gasteiger partial charge in [-0.25, -0.2) is 8.78 Å². The molecule has 1 amide bonds. The topological polar surface area (TPSA) is 38.1 Å². The maximum Gasteiger partial charge on any atom is 0.267 e. The Balaban J connectivity index is 2.04. The van der Waals surface area contributed by atoms with E-state index in [1.54, 1.807) is 25.4 Å². The van der Waals surface area contributed by atoms with Crippen molar-refractivity contribution in [2.75, 3.05) is 13.1 Å². The van der Waals surface area contributed by atoms with Crippen LogP contribution in [0.4, 0.5) is 8.78 Å². The highest BCUT2D eigenvalue weighted by molar-refractivity contribution is 5.80. The first-order valence-corrected chi connectivity index (χ1v) is 5.15. The normalized spacial score (nSPS) is 21.1. The Morgan fingerprint density at radius 3 is 2.81 bits per heavy atom. The van der Waals surface area contributed by atoms with Gasteiger partial charge in [-0.05, 0) is 13.0 Å². The van der Waals surface area contributed by atoms with Gasteiger partial charge in [0.15, 0.2) is 0 Å². The average molecular weight is 229 g/mol. The van der Waals surface area contributed by atoms with Gasteiger partial charge in [-0.15, -0.1) is 0 Å². The Kier molecular flexibility index (Phi) is 2.65. The molecule has 1 aliphatic heterocycles. The molecule has 88 valence electrons. The van der Waals surface area contributed by atoms with Crippen LogP contribution >= 0.6 is 0 Å². The third-order valence-corrected chi connectivity index (χ3v) is 2.76. The van der Waals surface area contributed by atoms with Gasteiger partial charge in [0.1, 0.15) is 6.04 Å². The lowest BCUT2D eigenvalue weighted by atomic mass is 10.3. The molecule has 0 saturated carbocycles. The van der Waals surface area contributed by atoms with Crippen LogP contribution in [0.15, 0.2) is 18.5 Å². The number of halogens is 2. The van der Waals surface area contributed by atoms with Crippen molar-refractivity contribution in [1.82, 2.24) is 14.7 Å². The summed E-state index contributed by atoms with van der Waals surface area (Å²) in [6.45, 7) is 1.31. The van der Waals surface area contributed by atoms with Crippen LogP contribution in [0.2, 0.25) is 0 Å². The van der Waals surface area contributed by atoms with Crippen LogP contribution in [0.25, 0.3) is 0 Å². The van der Waals surface area contributed by atoms with Crippen LogP contribution < -0.4 is 0 Å². The second kappa shape index (κ2) is 3.84. The Hall–Kier alpha value is -1.46. The molecule has 1 fully saturated rings. The van der Waals surface area contributed by atoms with E-state index in [9.17, 15) is 13.6 Å². The molecule has 4 nitrogen and oxygen atoms in total. The van der Waals surface area contributed by atoms with Crippen molar-refractivity contribution in [2.45, 2.75) is 25.3 Å². The zero-order valence-corrected chi connectivity index (χ0v) is 8.94. The molecule has 0 aromatic carbocycles. The van der Waals surface area contributed by atoms with Crippen molar-refractivity contribution in [3.63, 3.8) is 0 Å². The van der Waals surface area contributed by atoms with Crippen molar-refractivity contribution in [2.24, 2.45) is 0 Å². The molecular formula is C10H13F2N3O. The van der Waals surface area contributed by atoms with E-state index in [1.165, 1.54) is 9.58 Å². The molecule has 2 heterocycles. The predicted octanol–water partition coefficient (Wildman–Crippen LogP) is 1.31. The first-order valence-electron chi connectivity index (χ1n) is 5.15. The highest BCUT2D eigenvalue weighted by Gasteiger charge is 2.41. The first-order chi connectivity index (χ1) is 7.49. The largest absolute Gasteiger partial charge is 0.335 e. The number of likely N-dealkylation sites (tertiary alicyclic amines) is 1. The molecule has 1 atom stereocenters. The third-order valence-electron chi connectivity index (χ3n) is 2.76. The van der Waals surface area contributed by atoms with Crippen LogP contribution in [-0.4, -0.2) is 39.6 Å². The zero-order valence-electron chi connectivity index (χ0n) is 8.94. The average Bonchev–Trinajstić information content (AvgIpc) is 2.84. The highest BCUT2D eigenvalue weighted by Crippen LogP contribution is 2.28. The van der Waals surface area contributed by atoms with E-state index >= 15 is 0 Å². The van der Waals surface area contributed by atoms with Crippen LogP contribution in [0.1, 0.15) is 19.4 Å². The van der Waals surface area contributed by atoms with E-state index in [-0.39, 0.29) is 18.9 Å². The molecule has 0 bridgehead atoms. The van der Waals surface area contributed by atoms with Gasteiger partial charge in [0.2, 0.25) is 5.91 Å².